The minimum absolute atomic E-state index is 0.00217. The second-order valence-electron chi connectivity index (χ2n) is 5.84. The Labute approximate surface area is 104 Å². The van der Waals surface area contributed by atoms with Crippen molar-refractivity contribution in [2.45, 2.75) is 57.0 Å². The van der Waals surface area contributed by atoms with Crippen LogP contribution in [0.15, 0.2) is 0 Å². The van der Waals surface area contributed by atoms with Crippen LogP contribution < -0.4 is 16.4 Å². The molecule has 1 saturated carbocycles. The minimum Gasteiger partial charge on any atom is -0.354 e. The summed E-state index contributed by atoms with van der Waals surface area (Å²) in [4.78, 5) is 12.2. The zero-order chi connectivity index (χ0) is 12.3. The van der Waals surface area contributed by atoms with Gasteiger partial charge in [0, 0.05) is 18.1 Å². The number of carbonyl (C=O) groups is 1. The molecule has 1 saturated heterocycles. The van der Waals surface area contributed by atoms with Crippen LogP contribution in [0.4, 0.5) is 0 Å². The van der Waals surface area contributed by atoms with Crippen LogP contribution in [0.25, 0.3) is 0 Å². The largest absolute Gasteiger partial charge is 0.354 e. The third-order valence-electron chi connectivity index (χ3n) is 4.26. The molecule has 2 fully saturated rings. The lowest BCUT2D eigenvalue weighted by atomic mass is 9.74. The van der Waals surface area contributed by atoms with Crippen LogP contribution in [-0.2, 0) is 4.79 Å². The van der Waals surface area contributed by atoms with E-state index in [0.29, 0.717) is 6.04 Å². The van der Waals surface area contributed by atoms with E-state index in [2.05, 4.69) is 10.6 Å². The normalized spacial score (nSPS) is 38.0. The van der Waals surface area contributed by atoms with Gasteiger partial charge in [0.1, 0.15) is 0 Å². The average molecular weight is 239 g/mol. The van der Waals surface area contributed by atoms with Crippen molar-refractivity contribution in [3.8, 4) is 0 Å². The van der Waals surface area contributed by atoms with Gasteiger partial charge in [-0.2, -0.15) is 0 Å². The number of carbonyl (C=O) groups excluding carboxylic acids is 1. The summed E-state index contributed by atoms with van der Waals surface area (Å²) in [7, 11) is 0. The van der Waals surface area contributed by atoms with E-state index in [9.17, 15) is 4.79 Å². The van der Waals surface area contributed by atoms with E-state index < -0.39 is 0 Å². The Morgan fingerprint density at radius 2 is 2.24 bits per heavy atom. The highest BCUT2D eigenvalue weighted by atomic mass is 16.1. The number of hydrogen-bond donors (Lipinski definition) is 3. The van der Waals surface area contributed by atoms with Crippen molar-refractivity contribution in [2.24, 2.45) is 11.7 Å². The zero-order valence-electron chi connectivity index (χ0n) is 10.8. The molecule has 1 aliphatic heterocycles. The second-order valence-corrected chi connectivity index (χ2v) is 5.84. The molecule has 3 atom stereocenters. The van der Waals surface area contributed by atoms with Gasteiger partial charge < -0.3 is 16.4 Å². The Bertz CT molecular complexity index is 272. The number of rotatable bonds is 3. The van der Waals surface area contributed by atoms with Crippen LogP contribution in [-0.4, -0.2) is 30.6 Å². The Hall–Kier alpha value is -0.610. The maximum absolute atomic E-state index is 12.2. The van der Waals surface area contributed by atoms with E-state index in [0.717, 1.165) is 38.8 Å². The summed E-state index contributed by atoms with van der Waals surface area (Å²) >= 11 is 0. The molecule has 1 amide bonds. The maximum atomic E-state index is 12.2. The van der Waals surface area contributed by atoms with Gasteiger partial charge in [-0.3, -0.25) is 4.79 Å². The standard InChI is InChI=1S/C13H25N3O/c1-13(14)7-3-2-6-11(13)12(17)16-9-10-5-4-8-15-10/h10-11,15H,2-9,14H2,1H3,(H,16,17). The molecule has 0 aromatic carbocycles. The summed E-state index contributed by atoms with van der Waals surface area (Å²) in [5.41, 5.74) is 5.92. The predicted molar refractivity (Wildman–Crippen MR) is 68.6 cm³/mol. The molecule has 4 nitrogen and oxygen atoms in total. The van der Waals surface area contributed by atoms with Gasteiger partial charge in [0.15, 0.2) is 0 Å². The monoisotopic (exact) mass is 239 g/mol. The van der Waals surface area contributed by atoms with Gasteiger partial charge in [-0.15, -0.1) is 0 Å². The summed E-state index contributed by atoms with van der Waals surface area (Å²) in [6.07, 6.45) is 6.58. The summed E-state index contributed by atoms with van der Waals surface area (Å²) in [6, 6.07) is 0.464. The molecule has 17 heavy (non-hydrogen) atoms. The topological polar surface area (TPSA) is 67.2 Å². The Kier molecular flexibility index (Phi) is 4.05. The Morgan fingerprint density at radius 1 is 1.41 bits per heavy atom. The molecule has 4 N–H and O–H groups in total. The SMILES string of the molecule is CC1(N)CCCCC1C(=O)NCC1CCCN1. The first-order valence-electron chi connectivity index (χ1n) is 6.89. The third-order valence-corrected chi connectivity index (χ3v) is 4.26. The van der Waals surface area contributed by atoms with E-state index in [4.69, 9.17) is 5.73 Å². The quantitative estimate of drug-likeness (QED) is 0.681. The fourth-order valence-electron chi connectivity index (χ4n) is 3.07. The smallest absolute Gasteiger partial charge is 0.225 e. The van der Waals surface area contributed by atoms with Crippen molar-refractivity contribution in [3.05, 3.63) is 0 Å². The highest BCUT2D eigenvalue weighted by Gasteiger charge is 2.37. The number of hydrogen-bond acceptors (Lipinski definition) is 3. The molecule has 0 radical (unpaired) electrons. The first-order valence-corrected chi connectivity index (χ1v) is 6.89. The fraction of sp³-hybridized carbons (Fsp3) is 0.923. The van der Waals surface area contributed by atoms with Crippen LogP contribution >= 0.6 is 0 Å². The minimum atomic E-state index is -0.314. The van der Waals surface area contributed by atoms with Gasteiger partial charge in [-0.25, -0.2) is 0 Å². The lowest BCUT2D eigenvalue weighted by Crippen LogP contribution is -2.53. The number of amides is 1. The zero-order valence-corrected chi connectivity index (χ0v) is 10.8. The maximum Gasteiger partial charge on any atom is 0.225 e. The second kappa shape index (κ2) is 5.36. The van der Waals surface area contributed by atoms with Crippen LogP contribution in [0.2, 0.25) is 0 Å². The van der Waals surface area contributed by atoms with Gasteiger partial charge in [0.05, 0.1) is 5.92 Å². The highest BCUT2D eigenvalue weighted by Crippen LogP contribution is 2.31. The summed E-state index contributed by atoms with van der Waals surface area (Å²) in [5.74, 6) is 0.154. The first kappa shape index (κ1) is 12.8. The molecule has 0 bridgehead atoms. The van der Waals surface area contributed by atoms with Gasteiger partial charge in [0.25, 0.3) is 0 Å². The Morgan fingerprint density at radius 3 is 2.88 bits per heavy atom. The lowest BCUT2D eigenvalue weighted by molar-refractivity contribution is -0.128. The van der Waals surface area contributed by atoms with Crippen molar-refractivity contribution < 1.29 is 4.79 Å². The molecule has 3 unspecified atom stereocenters. The van der Waals surface area contributed by atoms with Crippen molar-refractivity contribution in [1.82, 2.24) is 10.6 Å². The summed E-state index contributed by atoms with van der Waals surface area (Å²) in [5, 5.41) is 6.46. The van der Waals surface area contributed by atoms with Gasteiger partial charge >= 0.3 is 0 Å². The van der Waals surface area contributed by atoms with Crippen molar-refractivity contribution in [3.63, 3.8) is 0 Å². The van der Waals surface area contributed by atoms with Crippen LogP contribution in [0.1, 0.15) is 45.4 Å². The molecule has 2 aliphatic rings. The van der Waals surface area contributed by atoms with Crippen LogP contribution in [0.5, 0.6) is 0 Å². The molecule has 4 heteroatoms. The molecule has 1 heterocycles. The molecule has 0 aromatic rings. The van der Waals surface area contributed by atoms with E-state index in [1.807, 2.05) is 6.92 Å². The molecule has 0 aromatic heterocycles. The Balaban J connectivity index is 1.81. The fourth-order valence-corrected chi connectivity index (χ4v) is 3.07. The van der Waals surface area contributed by atoms with Crippen LogP contribution in [0.3, 0.4) is 0 Å². The van der Waals surface area contributed by atoms with E-state index in [1.165, 1.54) is 12.8 Å². The van der Waals surface area contributed by atoms with E-state index in [-0.39, 0.29) is 17.4 Å². The summed E-state index contributed by atoms with van der Waals surface area (Å²) in [6.45, 7) is 3.86. The lowest BCUT2D eigenvalue weighted by Gasteiger charge is -2.37. The molecular weight excluding hydrogens is 214 g/mol. The van der Waals surface area contributed by atoms with Crippen molar-refractivity contribution in [1.29, 1.82) is 0 Å². The van der Waals surface area contributed by atoms with Gasteiger partial charge in [0.2, 0.25) is 5.91 Å². The third kappa shape index (κ3) is 3.19. The molecular formula is C13H25N3O. The molecule has 2 rings (SSSR count). The first-order chi connectivity index (χ1) is 8.09. The molecule has 98 valence electrons. The van der Waals surface area contributed by atoms with Crippen LogP contribution in [0, 0.1) is 5.92 Å². The van der Waals surface area contributed by atoms with Crippen molar-refractivity contribution >= 4 is 5.91 Å². The number of nitrogens with two attached hydrogens (primary N) is 1. The average Bonchev–Trinajstić information content (AvgIpc) is 2.78. The van der Waals surface area contributed by atoms with Gasteiger partial charge in [-0.05, 0) is 39.2 Å². The van der Waals surface area contributed by atoms with E-state index in [1.54, 1.807) is 0 Å². The van der Waals surface area contributed by atoms with E-state index >= 15 is 0 Å². The predicted octanol–water partition coefficient (Wildman–Crippen LogP) is 0.762. The molecule has 1 aliphatic carbocycles. The number of nitrogens with one attached hydrogen (secondary N) is 2. The molecule has 0 spiro atoms. The highest BCUT2D eigenvalue weighted by molar-refractivity contribution is 5.80. The van der Waals surface area contributed by atoms with Crippen molar-refractivity contribution in [2.75, 3.05) is 13.1 Å². The summed E-state index contributed by atoms with van der Waals surface area (Å²) < 4.78 is 0. The van der Waals surface area contributed by atoms with Gasteiger partial charge in [-0.1, -0.05) is 12.8 Å².